The van der Waals surface area contributed by atoms with E-state index in [9.17, 15) is 4.79 Å². The summed E-state index contributed by atoms with van der Waals surface area (Å²) in [5, 5.41) is 7.09. The van der Waals surface area contributed by atoms with Crippen molar-refractivity contribution in [3.63, 3.8) is 0 Å². The van der Waals surface area contributed by atoms with E-state index >= 15 is 0 Å². The molecule has 0 fully saturated rings. The first-order valence-corrected chi connectivity index (χ1v) is 10.6. The fourth-order valence-corrected chi connectivity index (χ4v) is 3.63. The van der Waals surface area contributed by atoms with Crippen molar-refractivity contribution in [2.45, 2.75) is 20.0 Å². The van der Waals surface area contributed by atoms with Crippen molar-refractivity contribution >= 4 is 34.1 Å². The quantitative estimate of drug-likeness (QED) is 0.472. The van der Waals surface area contributed by atoms with E-state index in [0.717, 1.165) is 27.1 Å². The third kappa shape index (κ3) is 5.09. The summed E-state index contributed by atoms with van der Waals surface area (Å²) in [5.41, 5.74) is 1.75. The molecule has 0 spiro atoms. The van der Waals surface area contributed by atoms with Crippen LogP contribution >= 0.6 is 28.1 Å². The Morgan fingerprint density at radius 1 is 1.27 bits per heavy atom. The summed E-state index contributed by atoms with van der Waals surface area (Å²) in [5.74, 6) is 2.01. The summed E-state index contributed by atoms with van der Waals surface area (Å²) in [4.78, 5) is 14.6. The standard InChI is InChI=1S/C21H23BrN4O3S/c1-4-29-17-8-5-14(6-9-17)20-23-24-21(30)26(20)13-19(27)25(2)12-15-11-16(22)7-10-18(15)28-3/h5-11H,4,12-13H2,1-3H3,(H,24,30). The highest BCUT2D eigenvalue weighted by Gasteiger charge is 2.17. The number of H-pyrrole nitrogens is 1. The molecule has 0 saturated carbocycles. The second kappa shape index (κ2) is 9.90. The summed E-state index contributed by atoms with van der Waals surface area (Å²) in [7, 11) is 3.37. The summed E-state index contributed by atoms with van der Waals surface area (Å²) in [6, 6.07) is 13.2. The molecule has 2 aromatic carbocycles. The van der Waals surface area contributed by atoms with Gasteiger partial charge in [-0.15, -0.1) is 0 Å². The molecule has 0 unspecified atom stereocenters. The van der Waals surface area contributed by atoms with E-state index in [0.29, 0.717) is 23.7 Å². The van der Waals surface area contributed by atoms with Gasteiger partial charge < -0.3 is 14.4 Å². The predicted molar refractivity (Wildman–Crippen MR) is 121 cm³/mol. The highest BCUT2D eigenvalue weighted by Crippen LogP contribution is 2.25. The Morgan fingerprint density at radius 2 is 2.00 bits per heavy atom. The van der Waals surface area contributed by atoms with E-state index < -0.39 is 0 Å². The molecule has 0 radical (unpaired) electrons. The van der Waals surface area contributed by atoms with Crippen molar-refractivity contribution in [1.29, 1.82) is 0 Å². The molecule has 7 nitrogen and oxygen atoms in total. The minimum atomic E-state index is -0.0956. The molecule has 1 N–H and O–H groups in total. The second-order valence-electron chi connectivity index (χ2n) is 6.60. The lowest BCUT2D eigenvalue weighted by Gasteiger charge is -2.20. The van der Waals surface area contributed by atoms with Crippen LogP contribution in [-0.2, 0) is 17.9 Å². The van der Waals surface area contributed by atoms with Gasteiger partial charge in [-0.2, -0.15) is 5.10 Å². The minimum Gasteiger partial charge on any atom is -0.496 e. The molecule has 0 aliphatic rings. The number of aromatic amines is 1. The molecule has 9 heteroatoms. The van der Waals surface area contributed by atoms with Crippen LogP contribution in [0.25, 0.3) is 11.4 Å². The van der Waals surface area contributed by atoms with Crippen LogP contribution in [0.3, 0.4) is 0 Å². The third-order valence-corrected chi connectivity index (χ3v) is 5.36. The van der Waals surface area contributed by atoms with E-state index in [4.69, 9.17) is 21.7 Å². The maximum Gasteiger partial charge on any atom is 0.242 e. The van der Waals surface area contributed by atoms with Crippen molar-refractivity contribution < 1.29 is 14.3 Å². The molecule has 0 bridgehead atoms. The van der Waals surface area contributed by atoms with Gasteiger partial charge in [0.1, 0.15) is 18.0 Å². The van der Waals surface area contributed by atoms with Crippen molar-refractivity contribution in [1.82, 2.24) is 19.7 Å². The van der Waals surface area contributed by atoms with Gasteiger partial charge in [-0.05, 0) is 61.6 Å². The van der Waals surface area contributed by atoms with Crippen LogP contribution in [0.5, 0.6) is 11.5 Å². The second-order valence-corrected chi connectivity index (χ2v) is 7.90. The highest BCUT2D eigenvalue weighted by atomic mass is 79.9. The molecule has 0 aliphatic carbocycles. The number of aromatic nitrogens is 3. The first-order chi connectivity index (χ1) is 14.4. The zero-order valence-electron chi connectivity index (χ0n) is 17.0. The van der Waals surface area contributed by atoms with E-state index in [2.05, 4.69) is 26.1 Å². The molecule has 158 valence electrons. The molecular formula is C21H23BrN4O3S. The smallest absolute Gasteiger partial charge is 0.242 e. The lowest BCUT2D eigenvalue weighted by atomic mass is 10.2. The summed E-state index contributed by atoms with van der Waals surface area (Å²) >= 11 is 8.82. The number of benzene rings is 2. The third-order valence-electron chi connectivity index (χ3n) is 4.55. The summed E-state index contributed by atoms with van der Waals surface area (Å²) < 4.78 is 13.9. The van der Waals surface area contributed by atoms with Crippen molar-refractivity contribution in [2.75, 3.05) is 20.8 Å². The number of carbonyl (C=O) groups excluding carboxylic acids is 1. The molecule has 0 atom stereocenters. The molecular weight excluding hydrogens is 468 g/mol. The molecule has 3 rings (SSSR count). The van der Waals surface area contributed by atoms with Gasteiger partial charge in [0.25, 0.3) is 0 Å². The Bertz CT molecular complexity index is 1080. The normalized spacial score (nSPS) is 10.7. The van der Waals surface area contributed by atoms with Crippen LogP contribution < -0.4 is 9.47 Å². The fourth-order valence-electron chi connectivity index (χ4n) is 3.02. The number of ether oxygens (including phenoxy) is 2. The number of methoxy groups -OCH3 is 1. The van der Waals surface area contributed by atoms with Gasteiger partial charge in [-0.25, -0.2) is 0 Å². The number of likely N-dealkylation sites (N-methyl/N-ethyl adjacent to an activating group) is 1. The number of hydrogen-bond donors (Lipinski definition) is 1. The van der Waals surface area contributed by atoms with E-state index in [1.807, 2.05) is 49.4 Å². The summed E-state index contributed by atoms with van der Waals surface area (Å²) in [6.45, 7) is 3.02. The van der Waals surface area contributed by atoms with E-state index in [1.54, 1.807) is 23.6 Å². The van der Waals surface area contributed by atoms with Gasteiger partial charge >= 0.3 is 0 Å². The Balaban J connectivity index is 1.78. The zero-order valence-corrected chi connectivity index (χ0v) is 19.4. The molecule has 0 aliphatic heterocycles. The predicted octanol–water partition coefficient (Wildman–Crippen LogP) is 4.44. The number of nitrogens with zero attached hydrogens (tertiary/aromatic N) is 3. The number of rotatable bonds is 8. The van der Waals surface area contributed by atoms with Crippen LogP contribution in [0.1, 0.15) is 12.5 Å². The number of carbonyl (C=O) groups is 1. The zero-order chi connectivity index (χ0) is 21.7. The average molecular weight is 491 g/mol. The Kier molecular flexibility index (Phi) is 7.28. The number of nitrogens with one attached hydrogen (secondary N) is 1. The minimum absolute atomic E-state index is 0.0741. The van der Waals surface area contributed by atoms with Crippen LogP contribution in [0, 0.1) is 4.77 Å². The lowest BCUT2D eigenvalue weighted by molar-refractivity contribution is -0.131. The van der Waals surface area contributed by atoms with Gasteiger partial charge in [0.2, 0.25) is 5.91 Å². The average Bonchev–Trinajstić information content (AvgIpc) is 3.09. The molecule has 30 heavy (non-hydrogen) atoms. The molecule has 1 amide bonds. The number of hydrogen-bond acceptors (Lipinski definition) is 5. The molecule has 3 aromatic rings. The lowest BCUT2D eigenvalue weighted by Crippen LogP contribution is -2.30. The Labute approximate surface area is 188 Å². The monoisotopic (exact) mass is 490 g/mol. The first kappa shape index (κ1) is 22.0. The number of amides is 1. The van der Waals surface area contributed by atoms with E-state index in [-0.39, 0.29) is 12.5 Å². The highest BCUT2D eigenvalue weighted by molar-refractivity contribution is 9.10. The van der Waals surface area contributed by atoms with Gasteiger partial charge in [-0.3, -0.25) is 14.5 Å². The summed E-state index contributed by atoms with van der Waals surface area (Å²) in [6.07, 6.45) is 0. The Hall–Kier alpha value is -2.65. The van der Waals surface area contributed by atoms with Crippen LogP contribution in [0.4, 0.5) is 0 Å². The molecule has 1 heterocycles. The van der Waals surface area contributed by atoms with Crippen molar-refractivity contribution in [3.05, 3.63) is 57.3 Å². The maximum absolute atomic E-state index is 12.9. The Morgan fingerprint density at radius 3 is 2.67 bits per heavy atom. The first-order valence-electron chi connectivity index (χ1n) is 9.37. The molecule has 1 aromatic heterocycles. The van der Waals surface area contributed by atoms with Gasteiger partial charge in [-0.1, -0.05) is 15.9 Å². The van der Waals surface area contributed by atoms with Gasteiger partial charge in [0, 0.05) is 29.2 Å². The van der Waals surface area contributed by atoms with Crippen molar-refractivity contribution in [3.8, 4) is 22.9 Å². The van der Waals surface area contributed by atoms with Gasteiger partial charge in [0.05, 0.1) is 13.7 Å². The van der Waals surface area contributed by atoms with Crippen LogP contribution in [0.2, 0.25) is 0 Å². The molecule has 0 saturated heterocycles. The van der Waals surface area contributed by atoms with Gasteiger partial charge in [0.15, 0.2) is 10.6 Å². The largest absolute Gasteiger partial charge is 0.496 e. The van der Waals surface area contributed by atoms with E-state index in [1.165, 1.54) is 0 Å². The SMILES string of the molecule is CCOc1ccc(-c2n[nH]c(=S)n2CC(=O)N(C)Cc2cc(Br)ccc2OC)cc1. The maximum atomic E-state index is 12.9. The van der Waals surface area contributed by atoms with Crippen molar-refractivity contribution in [2.24, 2.45) is 0 Å². The van der Waals surface area contributed by atoms with Crippen LogP contribution in [0.15, 0.2) is 46.9 Å². The number of halogens is 1. The topological polar surface area (TPSA) is 72.4 Å². The van der Waals surface area contributed by atoms with Crippen LogP contribution in [-0.4, -0.2) is 46.3 Å². The fraction of sp³-hybridized carbons (Fsp3) is 0.286.